The second-order valence-electron chi connectivity index (χ2n) is 5.99. The first-order valence-electron chi connectivity index (χ1n) is 8.13. The summed E-state index contributed by atoms with van der Waals surface area (Å²) in [7, 11) is 0. The van der Waals surface area contributed by atoms with E-state index in [9.17, 15) is 4.79 Å². The van der Waals surface area contributed by atoms with Gasteiger partial charge in [0.15, 0.2) is 0 Å². The first kappa shape index (κ1) is 14.7. The number of benzene rings is 1. The van der Waals surface area contributed by atoms with Gasteiger partial charge >= 0.3 is 0 Å². The number of hydrogen-bond donors (Lipinski definition) is 0. The maximum Gasteiger partial charge on any atom is 0.258 e. The molecule has 0 bridgehead atoms. The number of amides is 1. The van der Waals surface area contributed by atoms with Crippen LogP contribution in [0.3, 0.4) is 0 Å². The molecule has 4 rings (SSSR count). The number of fused-ring (bicyclic) bond motifs is 1. The average Bonchev–Trinajstić information content (AvgIpc) is 3.45. The van der Waals surface area contributed by atoms with Crippen LogP contribution in [0.5, 0.6) is 5.75 Å². The van der Waals surface area contributed by atoms with Crippen molar-refractivity contribution in [1.82, 2.24) is 14.9 Å². The monoisotopic (exact) mass is 319 g/mol. The van der Waals surface area contributed by atoms with E-state index in [1.807, 2.05) is 18.2 Å². The topological polar surface area (TPSA) is 55.3 Å². The van der Waals surface area contributed by atoms with Crippen molar-refractivity contribution in [2.45, 2.75) is 19.4 Å². The van der Waals surface area contributed by atoms with Gasteiger partial charge in [-0.05, 0) is 37.1 Å². The van der Waals surface area contributed by atoms with Crippen LogP contribution in [-0.4, -0.2) is 33.9 Å². The molecule has 5 heteroatoms. The molecule has 0 atom stereocenters. The Morgan fingerprint density at radius 3 is 2.88 bits per heavy atom. The summed E-state index contributed by atoms with van der Waals surface area (Å²) in [5.74, 6) is 8.09. The van der Waals surface area contributed by atoms with E-state index >= 15 is 0 Å². The zero-order valence-electron chi connectivity index (χ0n) is 13.2. The molecule has 2 heterocycles. The fraction of sp³-hybridized carbons (Fsp3) is 0.316. The number of hydrogen-bond acceptors (Lipinski definition) is 4. The van der Waals surface area contributed by atoms with Gasteiger partial charge in [-0.2, -0.15) is 0 Å². The van der Waals surface area contributed by atoms with E-state index in [2.05, 4.69) is 21.8 Å². The lowest BCUT2D eigenvalue weighted by Gasteiger charge is -2.18. The largest absolute Gasteiger partial charge is 0.491 e. The van der Waals surface area contributed by atoms with E-state index in [0.717, 1.165) is 5.56 Å². The zero-order valence-corrected chi connectivity index (χ0v) is 13.2. The lowest BCUT2D eigenvalue weighted by atomic mass is 10.1. The fourth-order valence-electron chi connectivity index (χ4n) is 2.58. The highest BCUT2D eigenvalue weighted by atomic mass is 16.5. The lowest BCUT2D eigenvalue weighted by Crippen LogP contribution is -2.32. The molecule has 1 aliphatic carbocycles. The Kier molecular flexibility index (Phi) is 3.87. The van der Waals surface area contributed by atoms with E-state index < -0.39 is 0 Å². The molecule has 0 spiro atoms. The average molecular weight is 319 g/mol. The Morgan fingerprint density at radius 2 is 2.08 bits per heavy atom. The minimum Gasteiger partial charge on any atom is -0.491 e. The van der Waals surface area contributed by atoms with Crippen molar-refractivity contribution >= 4 is 5.91 Å². The van der Waals surface area contributed by atoms with Crippen molar-refractivity contribution in [3.8, 4) is 17.6 Å². The normalized spacial score (nSPS) is 16.5. The van der Waals surface area contributed by atoms with Gasteiger partial charge in [0, 0.05) is 23.9 Å². The van der Waals surface area contributed by atoms with Gasteiger partial charge in [-0.15, -0.1) is 0 Å². The first-order chi connectivity index (χ1) is 11.8. The summed E-state index contributed by atoms with van der Waals surface area (Å²) in [5, 5.41) is 0. The van der Waals surface area contributed by atoms with Crippen molar-refractivity contribution in [3.05, 3.63) is 53.6 Å². The van der Waals surface area contributed by atoms with Crippen molar-refractivity contribution in [2.75, 3.05) is 13.2 Å². The van der Waals surface area contributed by atoms with Gasteiger partial charge in [0.05, 0.1) is 18.7 Å². The molecule has 24 heavy (non-hydrogen) atoms. The molecule has 1 amide bonds. The number of rotatable bonds is 2. The highest BCUT2D eigenvalue weighted by molar-refractivity contribution is 5.97. The molecule has 1 fully saturated rings. The number of nitrogens with zero attached hydrogens (tertiary/aromatic N) is 3. The third-order valence-corrected chi connectivity index (χ3v) is 4.07. The number of carbonyl (C=O) groups is 1. The molecule has 0 N–H and O–H groups in total. The highest BCUT2D eigenvalue weighted by Gasteiger charge is 2.24. The molecule has 0 unspecified atom stereocenters. The van der Waals surface area contributed by atoms with Gasteiger partial charge in [-0.1, -0.05) is 11.8 Å². The van der Waals surface area contributed by atoms with Gasteiger partial charge in [-0.3, -0.25) is 4.79 Å². The Morgan fingerprint density at radius 1 is 1.25 bits per heavy atom. The van der Waals surface area contributed by atoms with Crippen LogP contribution in [-0.2, 0) is 6.54 Å². The lowest BCUT2D eigenvalue weighted by molar-refractivity contribution is 0.0738. The molecule has 2 aromatic rings. The minimum absolute atomic E-state index is 0.0648. The second-order valence-corrected chi connectivity index (χ2v) is 5.99. The van der Waals surface area contributed by atoms with Crippen LogP contribution in [0, 0.1) is 17.8 Å². The Bertz CT molecular complexity index is 819. The molecule has 2 aliphatic rings. The Hall–Kier alpha value is -2.87. The standard InChI is InChI=1S/C19H17N3O2/c23-19-16-12-15(5-4-14-2-3-14)6-7-17(16)24-11-10-22(19)13-18-20-8-1-9-21-18/h1,6-9,12,14H,2-3,10-11,13H2. The van der Waals surface area contributed by atoms with Crippen molar-refractivity contribution in [2.24, 2.45) is 5.92 Å². The van der Waals surface area contributed by atoms with E-state index in [0.29, 0.717) is 42.8 Å². The van der Waals surface area contributed by atoms with Crippen LogP contribution in [0.1, 0.15) is 34.6 Å². The summed E-state index contributed by atoms with van der Waals surface area (Å²) in [6.45, 7) is 1.34. The predicted octanol–water partition coefficient (Wildman–Crippen LogP) is 2.27. The highest BCUT2D eigenvalue weighted by Crippen LogP contribution is 2.28. The molecule has 5 nitrogen and oxygen atoms in total. The molecule has 0 radical (unpaired) electrons. The Labute approximate surface area is 140 Å². The van der Waals surface area contributed by atoms with Gasteiger partial charge < -0.3 is 9.64 Å². The number of ether oxygens (including phenoxy) is 1. The van der Waals surface area contributed by atoms with Crippen molar-refractivity contribution in [1.29, 1.82) is 0 Å². The summed E-state index contributed by atoms with van der Waals surface area (Å²) in [6, 6.07) is 7.35. The van der Waals surface area contributed by atoms with Crippen LogP contribution >= 0.6 is 0 Å². The third kappa shape index (κ3) is 3.23. The van der Waals surface area contributed by atoms with Crippen LogP contribution in [0.4, 0.5) is 0 Å². The summed E-state index contributed by atoms with van der Waals surface area (Å²) in [4.78, 5) is 23.0. The molecule has 1 aromatic heterocycles. The predicted molar refractivity (Wildman–Crippen MR) is 88.3 cm³/mol. The summed E-state index contributed by atoms with van der Waals surface area (Å²) in [6.07, 6.45) is 5.73. The molecule has 1 aliphatic heterocycles. The van der Waals surface area contributed by atoms with Crippen LogP contribution in [0.25, 0.3) is 0 Å². The second kappa shape index (κ2) is 6.32. The fourth-order valence-corrected chi connectivity index (χ4v) is 2.58. The molecule has 1 aromatic carbocycles. The molecule has 120 valence electrons. The van der Waals surface area contributed by atoms with E-state index in [1.54, 1.807) is 23.4 Å². The Balaban J connectivity index is 1.60. The van der Waals surface area contributed by atoms with Crippen LogP contribution < -0.4 is 4.74 Å². The minimum atomic E-state index is -0.0648. The van der Waals surface area contributed by atoms with Crippen molar-refractivity contribution < 1.29 is 9.53 Å². The maximum atomic E-state index is 12.9. The summed E-state index contributed by atoms with van der Waals surface area (Å²) in [5.41, 5.74) is 1.42. The van der Waals surface area contributed by atoms with E-state index in [4.69, 9.17) is 4.74 Å². The molecular weight excluding hydrogens is 302 g/mol. The van der Waals surface area contributed by atoms with Gasteiger partial charge in [0.1, 0.15) is 18.2 Å². The molecule has 0 saturated heterocycles. The number of aromatic nitrogens is 2. The summed E-state index contributed by atoms with van der Waals surface area (Å²) >= 11 is 0. The van der Waals surface area contributed by atoms with Gasteiger partial charge in [-0.25, -0.2) is 9.97 Å². The smallest absolute Gasteiger partial charge is 0.258 e. The molecule has 1 saturated carbocycles. The zero-order chi connectivity index (χ0) is 16.4. The van der Waals surface area contributed by atoms with Crippen LogP contribution in [0.2, 0.25) is 0 Å². The van der Waals surface area contributed by atoms with E-state index in [1.165, 1.54) is 12.8 Å². The molecular formula is C19H17N3O2. The first-order valence-corrected chi connectivity index (χ1v) is 8.13. The van der Waals surface area contributed by atoms with Gasteiger partial charge in [0.2, 0.25) is 0 Å². The quantitative estimate of drug-likeness (QED) is 0.797. The third-order valence-electron chi connectivity index (χ3n) is 4.07. The maximum absolute atomic E-state index is 12.9. The summed E-state index contributed by atoms with van der Waals surface area (Å²) < 4.78 is 5.73. The van der Waals surface area contributed by atoms with Crippen LogP contribution in [0.15, 0.2) is 36.7 Å². The number of carbonyl (C=O) groups excluding carboxylic acids is 1. The SMILES string of the molecule is O=C1c2cc(C#CC3CC3)ccc2OCCN1Cc1ncccn1. The van der Waals surface area contributed by atoms with E-state index in [-0.39, 0.29) is 5.91 Å². The van der Waals surface area contributed by atoms with Gasteiger partial charge in [0.25, 0.3) is 5.91 Å². The van der Waals surface area contributed by atoms with Crippen molar-refractivity contribution in [3.63, 3.8) is 0 Å².